The van der Waals surface area contributed by atoms with Crippen LogP contribution in [0.4, 0.5) is 5.69 Å². The lowest BCUT2D eigenvalue weighted by molar-refractivity contribution is -0.120. The molecule has 8 heteroatoms. The number of hydrogen-bond donors (Lipinski definition) is 1. The van der Waals surface area contributed by atoms with Crippen LogP contribution < -0.4 is 14.8 Å². The van der Waals surface area contributed by atoms with Gasteiger partial charge in [-0.05, 0) is 37.8 Å². The summed E-state index contributed by atoms with van der Waals surface area (Å²) >= 11 is 0. The predicted molar refractivity (Wildman–Crippen MR) is 101 cm³/mol. The van der Waals surface area contributed by atoms with Gasteiger partial charge in [-0.1, -0.05) is 12.8 Å². The fourth-order valence-corrected chi connectivity index (χ4v) is 5.38. The maximum Gasteiger partial charge on any atom is 0.251 e. The number of ether oxygens (including phenoxy) is 2. The van der Waals surface area contributed by atoms with Crippen molar-refractivity contribution >= 4 is 21.6 Å². The van der Waals surface area contributed by atoms with E-state index in [9.17, 15) is 13.2 Å². The number of fused-ring (bicyclic) bond motifs is 1. The largest absolute Gasteiger partial charge is 0.448 e. The van der Waals surface area contributed by atoms with Gasteiger partial charge in [0.05, 0.1) is 6.26 Å². The van der Waals surface area contributed by atoms with E-state index in [0.717, 1.165) is 44.8 Å². The lowest BCUT2D eigenvalue weighted by atomic mass is 9.94. The van der Waals surface area contributed by atoms with Gasteiger partial charge in [-0.15, -0.1) is 0 Å². The second-order valence-electron chi connectivity index (χ2n) is 7.71. The smallest absolute Gasteiger partial charge is 0.251 e. The van der Waals surface area contributed by atoms with Crippen molar-refractivity contribution in [3.63, 3.8) is 0 Å². The van der Waals surface area contributed by atoms with Crippen molar-refractivity contribution in [2.24, 2.45) is 0 Å². The monoisotopic (exact) mass is 394 g/mol. The van der Waals surface area contributed by atoms with Crippen LogP contribution in [0.2, 0.25) is 0 Å². The second-order valence-corrected chi connectivity index (χ2v) is 9.65. The van der Waals surface area contributed by atoms with Gasteiger partial charge in [0.15, 0.2) is 11.5 Å². The molecule has 2 fully saturated rings. The van der Waals surface area contributed by atoms with E-state index >= 15 is 0 Å². The third-order valence-corrected chi connectivity index (χ3v) is 6.89. The normalized spacial score (nSPS) is 24.7. The summed E-state index contributed by atoms with van der Waals surface area (Å²) in [5.41, 5.74) is 0.592. The molecule has 1 saturated heterocycles. The minimum absolute atomic E-state index is 0.300. The topological polar surface area (TPSA) is 84.9 Å². The van der Waals surface area contributed by atoms with Crippen LogP contribution in [0.25, 0.3) is 0 Å². The van der Waals surface area contributed by atoms with Crippen molar-refractivity contribution in [2.45, 2.75) is 63.2 Å². The first-order valence-corrected chi connectivity index (χ1v) is 11.5. The molecule has 1 N–H and O–H groups in total. The molecular weight excluding hydrogens is 368 g/mol. The molecular formula is C19H26N2O5S. The molecule has 1 atom stereocenters. The van der Waals surface area contributed by atoms with Crippen LogP contribution in [0.5, 0.6) is 11.5 Å². The summed E-state index contributed by atoms with van der Waals surface area (Å²) in [6, 6.07) is 4.69. The molecule has 0 aromatic heterocycles. The Balaban J connectivity index is 1.48. The fourth-order valence-electron chi connectivity index (χ4n) is 4.26. The zero-order valence-electron chi connectivity index (χ0n) is 15.6. The van der Waals surface area contributed by atoms with Crippen molar-refractivity contribution in [3.05, 3.63) is 18.2 Å². The Hall–Kier alpha value is -1.80. The average Bonchev–Trinajstić information content (AvgIpc) is 2.98. The molecule has 0 radical (unpaired) electrons. The van der Waals surface area contributed by atoms with Gasteiger partial charge in [0.2, 0.25) is 15.9 Å². The van der Waals surface area contributed by atoms with E-state index in [-0.39, 0.29) is 5.91 Å². The Morgan fingerprint density at radius 1 is 1.11 bits per heavy atom. The summed E-state index contributed by atoms with van der Waals surface area (Å²) in [5, 5.41) is 2.85. The first-order valence-electron chi connectivity index (χ1n) is 9.66. The number of nitrogens with one attached hydrogen (secondary N) is 1. The third-order valence-electron chi connectivity index (χ3n) is 5.60. The number of carbonyl (C=O) groups is 1. The lowest BCUT2D eigenvalue weighted by Gasteiger charge is -2.32. The molecule has 1 aromatic carbocycles. The van der Waals surface area contributed by atoms with Gasteiger partial charge < -0.3 is 14.8 Å². The number of piperidine rings is 1. The van der Waals surface area contributed by atoms with E-state index in [1.807, 2.05) is 6.07 Å². The number of carbonyl (C=O) groups excluding carboxylic acids is 1. The zero-order valence-corrected chi connectivity index (χ0v) is 16.4. The summed E-state index contributed by atoms with van der Waals surface area (Å²) < 4.78 is 37.4. The zero-order chi connectivity index (χ0) is 19.1. The SMILES string of the molecule is CS(=O)(=O)N1CCCC[C@H]1C(=O)Nc1ccc2c(c1)OC1(CCCCC1)O2. The number of rotatable bonds is 3. The fraction of sp³-hybridized carbons (Fsp3) is 0.632. The van der Waals surface area contributed by atoms with Gasteiger partial charge in [0.25, 0.3) is 5.79 Å². The summed E-state index contributed by atoms with van der Waals surface area (Å²) in [5.74, 6) is 0.481. The highest BCUT2D eigenvalue weighted by Gasteiger charge is 2.42. The molecule has 7 nitrogen and oxygen atoms in total. The van der Waals surface area contributed by atoms with Crippen LogP contribution in [0, 0.1) is 0 Å². The van der Waals surface area contributed by atoms with Crippen LogP contribution in [0.1, 0.15) is 51.4 Å². The molecule has 0 unspecified atom stereocenters. The lowest BCUT2D eigenvalue weighted by Crippen LogP contribution is -2.49. The van der Waals surface area contributed by atoms with E-state index in [1.54, 1.807) is 12.1 Å². The van der Waals surface area contributed by atoms with Gasteiger partial charge in [0.1, 0.15) is 6.04 Å². The average molecular weight is 394 g/mol. The van der Waals surface area contributed by atoms with Gasteiger partial charge >= 0.3 is 0 Å². The van der Waals surface area contributed by atoms with Crippen molar-refractivity contribution in [1.82, 2.24) is 4.31 Å². The summed E-state index contributed by atoms with van der Waals surface area (Å²) in [6.45, 7) is 0.389. The summed E-state index contributed by atoms with van der Waals surface area (Å²) in [4.78, 5) is 12.7. The quantitative estimate of drug-likeness (QED) is 0.852. The van der Waals surface area contributed by atoms with Crippen LogP contribution in [0.3, 0.4) is 0 Å². The first-order chi connectivity index (χ1) is 12.9. The molecule has 27 heavy (non-hydrogen) atoms. The van der Waals surface area contributed by atoms with Crippen LogP contribution in [0.15, 0.2) is 18.2 Å². The van der Waals surface area contributed by atoms with Crippen LogP contribution in [-0.4, -0.2) is 43.3 Å². The highest BCUT2D eigenvalue weighted by atomic mass is 32.2. The van der Waals surface area contributed by atoms with E-state index in [2.05, 4.69) is 5.32 Å². The van der Waals surface area contributed by atoms with Gasteiger partial charge in [-0.3, -0.25) is 4.79 Å². The summed E-state index contributed by atoms with van der Waals surface area (Å²) in [7, 11) is -3.41. The molecule has 3 aliphatic rings. The molecule has 0 bridgehead atoms. The Kier molecular flexibility index (Phi) is 4.80. The van der Waals surface area contributed by atoms with Crippen molar-refractivity contribution in [2.75, 3.05) is 18.1 Å². The molecule has 1 saturated carbocycles. The molecule has 1 amide bonds. The van der Waals surface area contributed by atoms with E-state index < -0.39 is 21.9 Å². The summed E-state index contributed by atoms with van der Waals surface area (Å²) in [6.07, 6.45) is 8.42. The van der Waals surface area contributed by atoms with Gasteiger partial charge in [-0.2, -0.15) is 4.31 Å². The number of amides is 1. The van der Waals surface area contributed by atoms with E-state index in [4.69, 9.17) is 9.47 Å². The third kappa shape index (κ3) is 3.78. The number of sulfonamides is 1. The van der Waals surface area contributed by atoms with Crippen molar-refractivity contribution in [1.29, 1.82) is 0 Å². The highest BCUT2D eigenvalue weighted by Crippen LogP contribution is 2.46. The number of nitrogens with zero attached hydrogens (tertiary/aromatic N) is 1. The Morgan fingerprint density at radius 2 is 1.85 bits per heavy atom. The van der Waals surface area contributed by atoms with Gasteiger partial charge in [-0.25, -0.2) is 8.42 Å². The molecule has 148 valence electrons. The Bertz CT molecular complexity index is 833. The van der Waals surface area contributed by atoms with E-state index in [0.29, 0.717) is 30.2 Å². The standard InChI is InChI=1S/C19H26N2O5S/c1-27(23,24)21-12-6-3-7-15(21)18(22)20-14-8-9-16-17(13-14)26-19(25-16)10-4-2-5-11-19/h8-9,13,15H,2-7,10-12H2,1H3,(H,20,22)/t15-/m0/s1. The highest BCUT2D eigenvalue weighted by molar-refractivity contribution is 7.88. The maximum absolute atomic E-state index is 12.7. The minimum Gasteiger partial charge on any atom is -0.448 e. The predicted octanol–water partition coefficient (Wildman–Crippen LogP) is 2.87. The molecule has 1 aromatic rings. The van der Waals surface area contributed by atoms with Crippen LogP contribution >= 0.6 is 0 Å². The first kappa shape index (κ1) is 18.6. The van der Waals surface area contributed by atoms with Crippen molar-refractivity contribution < 1.29 is 22.7 Å². The van der Waals surface area contributed by atoms with Crippen LogP contribution in [-0.2, 0) is 14.8 Å². The molecule has 1 aliphatic carbocycles. The Morgan fingerprint density at radius 3 is 2.59 bits per heavy atom. The van der Waals surface area contributed by atoms with Crippen molar-refractivity contribution in [3.8, 4) is 11.5 Å². The minimum atomic E-state index is -3.41. The molecule has 1 spiro atoms. The van der Waals surface area contributed by atoms with E-state index in [1.165, 1.54) is 10.7 Å². The molecule has 2 heterocycles. The maximum atomic E-state index is 12.7. The number of hydrogen-bond acceptors (Lipinski definition) is 5. The molecule has 4 rings (SSSR count). The second kappa shape index (κ2) is 6.98. The molecule has 2 aliphatic heterocycles. The number of anilines is 1. The van der Waals surface area contributed by atoms with Gasteiger partial charge in [0, 0.05) is 31.1 Å². The number of benzene rings is 1. The Labute approximate surface area is 160 Å².